The van der Waals surface area contributed by atoms with Crippen molar-refractivity contribution in [2.24, 2.45) is 5.73 Å². The predicted molar refractivity (Wildman–Crippen MR) is 57.9 cm³/mol. The third-order valence-electron chi connectivity index (χ3n) is 2.18. The van der Waals surface area contributed by atoms with Gasteiger partial charge in [0.15, 0.2) is 0 Å². The van der Waals surface area contributed by atoms with Crippen LogP contribution in [0.2, 0.25) is 0 Å². The fraction of sp³-hybridized carbons (Fsp3) is 0.600. The predicted octanol–water partition coefficient (Wildman–Crippen LogP) is 0.495. The Bertz CT molecular complexity index is 294. The molecule has 3 N–H and O–H groups in total. The number of carbonyl (C=O) groups excluding carboxylic acids is 1. The first-order chi connectivity index (χ1) is 7.09. The topological polar surface area (TPSA) is 75.0 Å². The molecule has 0 aliphatic carbocycles. The number of rotatable bonds is 5. The van der Waals surface area contributed by atoms with Crippen LogP contribution in [0.1, 0.15) is 25.6 Å². The number of hydrogen-bond donors (Lipinski definition) is 2. The van der Waals surface area contributed by atoms with Gasteiger partial charge in [-0.15, -0.1) is 0 Å². The van der Waals surface area contributed by atoms with Crippen molar-refractivity contribution in [3.8, 4) is 0 Å². The van der Waals surface area contributed by atoms with Gasteiger partial charge in [0.1, 0.15) is 5.82 Å². The zero-order chi connectivity index (χ0) is 11.3. The molecule has 1 amide bonds. The standard InChI is InChI=1S/C10H18N4O/c1-8(11)3-4-10(15)14(2)7-9-12-5-6-13-9/h5-6,8H,3-4,7,11H2,1-2H3,(H,12,13). The average molecular weight is 210 g/mol. The lowest BCUT2D eigenvalue weighted by Gasteiger charge is -2.16. The van der Waals surface area contributed by atoms with E-state index in [1.807, 2.05) is 6.92 Å². The normalized spacial score (nSPS) is 12.5. The molecule has 0 saturated carbocycles. The van der Waals surface area contributed by atoms with Crippen LogP contribution in [-0.2, 0) is 11.3 Å². The lowest BCUT2D eigenvalue weighted by atomic mass is 10.2. The number of nitrogens with one attached hydrogen (secondary N) is 1. The first kappa shape index (κ1) is 11.7. The first-order valence-corrected chi connectivity index (χ1v) is 5.07. The van der Waals surface area contributed by atoms with Crippen LogP contribution in [0, 0.1) is 0 Å². The van der Waals surface area contributed by atoms with Crippen LogP contribution in [0.4, 0.5) is 0 Å². The molecule has 5 heteroatoms. The third-order valence-corrected chi connectivity index (χ3v) is 2.18. The monoisotopic (exact) mass is 210 g/mol. The van der Waals surface area contributed by atoms with E-state index < -0.39 is 0 Å². The number of imidazole rings is 1. The lowest BCUT2D eigenvalue weighted by Crippen LogP contribution is -2.28. The van der Waals surface area contributed by atoms with Crippen LogP contribution in [0.3, 0.4) is 0 Å². The molecule has 0 aliphatic rings. The molecule has 0 fully saturated rings. The van der Waals surface area contributed by atoms with E-state index in [0.717, 1.165) is 12.2 Å². The zero-order valence-electron chi connectivity index (χ0n) is 9.23. The smallest absolute Gasteiger partial charge is 0.222 e. The molecule has 0 spiro atoms. The Morgan fingerprint density at radius 3 is 3.00 bits per heavy atom. The molecule has 15 heavy (non-hydrogen) atoms. The maximum atomic E-state index is 11.6. The number of nitrogens with two attached hydrogens (primary N) is 1. The van der Waals surface area contributed by atoms with E-state index in [1.54, 1.807) is 24.3 Å². The highest BCUT2D eigenvalue weighted by Gasteiger charge is 2.10. The second kappa shape index (κ2) is 5.50. The highest BCUT2D eigenvalue weighted by molar-refractivity contribution is 5.75. The second-order valence-electron chi connectivity index (χ2n) is 3.80. The fourth-order valence-electron chi connectivity index (χ4n) is 1.24. The molecule has 5 nitrogen and oxygen atoms in total. The van der Waals surface area contributed by atoms with Crippen LogP contribution in [0.25, 0.3) is 0 Å². The number of nitrogens with zero attached hydrogens (tertiary/aromatic N) is 2. The first-order valence-electron chi connectivity index (χ1n) is 5.07. The van der Waals surface area contributed by atoms with Crippen LogP contribution >= 0.6 is 0 Å². The molecule has 1 rings (SSSR count). The summed E-state index contributed by atoms with van der Waals surface area (Å²) in [5.74, 6) is 0.898. The van der Waals surface area contributed by atoms with Crippen molar-refractivity contribution < 1.29 is 4.79 Å². The van der Waals surface area contributed by atoms with E-state index in [-0.39, 0.29) is 11.9 Å². The zero-order valence-corrected chi connectivity index (χ0v) is 9.23. The van der Waals surface area contributed by atoms with Crippen molar-refractivity contribution in [1.29, 1.82) is 0 Å². The molecule has 1 unspecified atom stereocenters. The van der Waals surface area contributed by atoms with Gasteiger partial charge in [0.05, 0.1) is 6.54 Å². The van der Waals surface area contributed by atoms with Gasteiger partial charge in [0.25, 0.3) is 0 Å². The van der Waals surface area contributed by atoms with Gasteiger partial charge in [-0.25, -0.2) is 4.98 Å². The van der Waals surface area contributed by atoms with E-state index in [4.69, 9.17) is 5.73 Å². The van der Waals surface area contributed by atoms with Crippen molar-refractivity contribution in [2.45, 2.75) is 32.4 Å². The molecular formula is C10H18N4O. The molecule has 84 valence electrons. The largest absolute Gasteiger partial charge is 0.347 e. The number of H-pyrrole nitrogens is 1. The van der Waals surface area contributed by atoms with Crippen molar-refractivity contribution >= 4 is 5.91 Å². The quantitative estimate of drug-likeness (QED) is 0.743. The highest BCUT2D eigenvalue weighted by Crippen LogP contribution is 2.01. The summed E-state index contributed by atoms with van der Waals surface area (Å²) in [6.45, 7) is 2.42. The van der Waals surface area contributed by atoms with Gasteiger partial charge in [-0.1, -0.05) is 0 Å². The Morgan fingerprint density at radius 2 is 2.47 bits per heavy atom. The van der Waals surface area contributed by atoms with E-state index in [9.17, 15) is 4.79 Å². The molecule has 0 aliphatic heterocycles. The summed E-state index contributed by atoms with van der Waals surface area (Å²) in [6, 6.07) is 0.0750. The van der Waals surface area contributed by atoms with Crippen LogP contribution in [0.15, 0.2) is 12.4 Å². The second-order valence-corrected chi connectivity index (χ2v) is 3.80. The summed E-state index contributed by atoms with van der Waals surface area (Å²) in [4.78, 5) is 20.3. The number of aromatic nitrogens is 2. The Morgan fingerprint density at radius 1 is 1.73 bits per heavy atom. The maximum Gasteiger partial charge on any atom is 0.222 e. The third kappa shape index (κ3) is 4.12. The Hall–Kier alpha value is -1.36. The summed E-state index contributed by atoms with van der Waals surface area (Å²) in [5, 5.41) is 0. The van der Waals surface area contributed by atoms with Gasteiger partial charge in [-0.3, -0.25) is 4.79 Å². The number of hydrogen-bond acceptors (Lipinski definition) is 3. The molecular weight excluding hydrogens is 192 g/mol. The van der Waals surface area contributed by atoms with E-state index in [0.29, 0.717) is 13.0 Å². The molecule has 1 atom stereocenters. The molecule has 0 aromatic carbocycles. The minimum atomic E-state index is 0.0750. The minimum absolute atomic E-state index is 0.0750. The average Bonchev–Trinajstić information content (AvgIpc) is 2.66. The fourth-order valence-corrected chi connectivity index (χ4v) is 1.24. The summed E-state index contributed by atoms with van der Waals surface area (Å²) >= 11 is 0. The maximum absolute atomic E-state index is 11.6. The van der Waals surface area contributed by atoms with Crippen LogP contribution in [0.5, 0.6) is 0 Å². The Kier molecular flexibility index (Phi) is 4.30. The van der Waals surface area contributed by atoms with Crippen LogP contribution in [-0.4, -0.2) is 33.9 Å². The molecule has 0 bridgehead atoms. The molecule has 0 radical (unpaired) electrons. The number of aromatic amines is 1. The minimum Gasteiger partial charge on any atom is -0.347 e. The van der Waals surface area contributed by atoms with Gasteiger partial charge >= 0.3 is 0 Å². The van der Waals surface area contributed by atoms with E-state index in [2.05, 4.69) is 9.97 Å². The SMILES string of the molecule is CC(N)CCC(=O)N(C)Cc1ncc[nH]1. The lowest BCUT2D eigenvalue weighted by molar-refractivity contribution is -0.130. The van der Waals surface area contributed by atoms with Gasteiger partial charge < -0.3 is 15.6 Å². The van der Waals surface area contributed by atoms with Gasteiger partial charge in [-0.2, -0.15) is 0 Å². The summed E-state index contributed by atoms with van der Waals surface area (Å²) in [7, 11) is 1.77. The van der Waals surface area contributed by atoms with Gasteiger partial charge in [0.2, 0.25) is 5.91 Å². The highest BCUT2D eigenvalue weighted by atomic mass is 16.2. The Labute approximate surface area is 89.7 Å². The number of carbonyl (C=O) groups is 1. The van der Waals surface area contributed by atoms with Crippen molar-refractivity contribution in [2.75, 3.05) is 7.05 Å². The van der Waals surface area contributed by atoms with Gasteiger partial charge in [0, 0.05) is 31.9 Å². The molecule has 1 aromatic rings. The number of amides is 1. The van der Waals surface area contributed by atoms with Crippen LogP contribution < -0.4 is 5.73 Å². The molecule has 1 heterocycles. The molecule has 0 saturated heterocycles. The van der Waals surface area contributed by atoms with E-state index >= 15 is 0 Å². The van der Waals surface area contributed by atoms with Crippen molar-refractivity contribution in [3.05, 3.63) is 18.2 Å². The summed E-state index contributed by atoms with van der Waals surface area (Å²) < 4.78 is 0. The summed E-state index contributed by atoms with van der Waals surface area (Å²) in [6.07, 6.45) is 4.64. The molecule has 1 aromatic heterocycles. The summed E-state index contributed by atoms with van der Waals surface area (Å²) in [5.41, 5.74) is 5.59. The van der Waals surface area contributed by atoms with E-state index in [1.165, 1.54) is 0 Å². The Balaban J connectivity index is 2.33. The van der Waals surface area contributed by atoms with Gasteiger partial charge in [-0.05, 0) is 13.3 Å². The van der Waals surface area contributed by atoms with Crippen molar-refractivity contribution in [1.82, 2.24) is 14.9 Å². The van der Waals surface area contributed by atoms with Crippen molar-refractivity contribution in [3.63, 3.8) is 0 Å².